The van der Waals surface area contributed by atoms with Crippen molar-refractivity contribution in [2.24, 2.45) is 0 Å². The van der Waals surface area contributed by atoms with Gasteiger partial charge in [0.25, 0.3) is 0 Å². The molecule has 0 bridgehead atoms. The molecule has 0 spiro atoms. The van der Waals surface area contributed by atoms with E-state index >= 15 is 0 Å². The molecule has 1 aliphatic heterocycles. The minimum absolute atomic E-state index is 0.0309. The molecule has 0 aliphatic carbocycles. The van der Waals surface area contributed by atoms with Crippen molar-refractivity contribution >= 4 is 11.8 Å². The lowest BCUT2D eigenvalue weighted by Crippen LogP contribution is -2.40. The maximum absolute atomic E-state index is 11.3. The van der Waals surface area contributed by atoms with Gasteiger partial charge in [0, 0.05) is 32.6 Å². The van der Waals surface area contributed by atoms with Crippen molar-refractivity contribution in [3.63, 3.8) is 0 Å². The Kier molecular flexibility index (Phi) is 5.21. The van der Waals surface area contributed by atoms with E-state index in [2.05, 4.69) is 10.6 Å². The Balaban J connectivity index is 2.20. The van der Waals surface area contributed by atoms with Crippen LogP contribution in [0.5, 0.6) is 0 Å². The van der Waals surface area contributed by atoms with Crippen LogP contribution in [0.2, 0.25) is 0 Å². The summed E-state index contributed by atoms with van der Waals surface area (Å²) in [6, 6.07) is 0.156. The van der Waals surface area contributed by atoms with E-state index in [4.69, 9.17) is 5.11 Å². The second kappa shape index (κ2) is 6.44. The molecule has 1 unspecified atom stereocenters. The zero-order valence-electron chi connectivity index (χ0n) is 9.53. The second-order valence-electron chi connectivity index (χ2n) is 3.99. The summed E-state index contributed by atoms with van der Waals surface area (Å²) in [6.07, 6.45) is 0.882. The molecule has 1 rings (SSSR count). The molecular formula is C10H19N3O3. The van der Waals surface area contributed by atoms with Crippen molar-refractivity contribution in [1.29, 1.82) is 0 Å². The van der Waals surface area contributed by atoms with Gasteiger partial charge in [0.1, 0.15) is 0 Å². The Morgan fingerprint density at radius 3 is 2.88 bits per heavy atom. The summed E-state index contributed by atoms with van der Waals surface area (Å²) in [5.74, 6) is -0.117. The van der Waals surface area contributed by atoms with Crippen molar-refractivity contribution in [2.45, 2.75) is 19.4 Å². The average molecular weight is 229 g/mol. The fourth-order valence-corrected chi connectivity index (χ4v) is 1.84. The Morgan fingerprint density at radius 1 is 1.50 bits per heavy atom. The van der Waals surface area contributed by atoms with Crippen LogP contribution in [0, 0.1) is 0 Å². The highest BCUT2D eigenvalue weighted by Crippen LogP contribution is 2.08. The van der Waals surface area contributed by atoms with Gasteiger partial charge < -0.3 is 15.7 Å². The predicted molar refractivity (Wildman–Crippen MR) is 58.8 cm³/mol. The molecule has 2 amide bonds. The number of aliphatic hydroxyl groups is 1. The molecule has 0 aromatic rings. The van der Waals surface area contributed by atoms with E-state index < -0.39 is 0 Å². The molecule has 0 radical (unpaired) electrons. The molecule has 1 aliphatic rings. The monoisotopic (exact) mass is 229 g/mol. The molecule has 92 valence electrons. The van der Waals surface area contributed by atoms with Gasteiger partial charge in [-0.05, 0) is 6.42 Å². The van der Waals surface area contributed by atoms with Gasteiger partial charge in [-0.25, -0.2) is 0 Å². The van der Waals surface area contributed by atoms with Crippen LogP contribution in [0.1, 0.15) is 13.3 Å². The van der Waals surface area contributed by atoms with Crippen LogP contribution >= 0.6 is 0 Å². The van der Waals surface area contributed by atoms with Crippen LogP contribution < -0.4 is 10.6 Å². The molecule has 1 heterocycles. The van der Waals surface area contributed by atoms with Gasteiger partial charge in [0.15, 0.2) is 0 Å². The number of aliphatic hydroxyl groups excluding tert-OH is 1. The zero-order valence-corrected chi connectivity index (χ0v) is 9.53. The highest BCUT2D eigenvalue weighted by molar-refractivity contribution is 5.78. The molecule has 3 N–H and O–H groups in total. The number of nitrogens with zero attached hydrogens (tertiary/aromatic N) is 1. The van der Waals surface area contributed by atoms with Gasteiger partial charge in [-0.2, -0.15) is 0 Å². The Bertz CT molecular complexity index is 258. The molecule has 0 saturated carbocycles. The minimum atomic E-state index is -0.0856. The summed E-state index contributed by atoms with van der Waals surface area (Å²) >= 11 is 0. The number of hydrogen-bond acceptors (Lipinski definition) is 4. The van der Waals surface area contributed by atoms with E-state index in [1.54, 1.807) is 0 Å². The fraction of sp³-hybridized carbons (Fsp3) is 0.800. The van der Waals surface area contributed by atoms with E-state index in [0.717, 1.165) is 13.0 Å². The fourth-order valence-electron chi connectivity index (χ4n) is 1.84. The first-order chi connectivity index (χ1) is 7.61. The Hall–Kier alpha value is -1.14. The lowest BCUT2D eigenvalue weighted by atomic mass is 10.3. The number of rotatable bonds is 5. The van der Waals surface area contributed by atoms with Gasteiger partial charge in [-0.1, -0.05) is 0 Å². The summed E-state index contributed by atoms with van der Waals surface area (Å²) in [5.41, 5.74) is 0. The van der Waals surface area contributed by atoms with Crippen molar-refractivity contribution in [3.8, 4) is 0 Å². The third-order valence-electron chi connectivity index (χ3n) is 2.48. The van der Waals surface area contributed by atoms with Gasteiger partial charge >= 0.3 is 0 Å². The van der Waals surface area contributed by atoms with E-state index in [-0.39, 0.29) is 24.5 Å². The maximum atomic E-state index is 11.3. The van der Waals surface area contributed by atoms with E-state index in [1.807, 2.05) is 4.90 Å². The van der Waals surface area contributed by atoms with Crippen molar-refractivity contribution in [3.05, 3.63) is 0 Å². The third-order valence-corrected chi connectivity index (χ3v) is 2.48. The predicted octanol–water partition coefficient (Wildman–Crippen LogP) is -1.69. The highest BCUT2D eigenvalue weighted by atomic mass is 16.3. The Morgan fingerprint density at radius 2 is 2.25 bits per heavy atom. The molecule has 0 aromatic carbocycles. The second-order valence-corrected chi connectivity index (χ2v) is 3.99. The number of nitrogens with one attached hydrogen (secondary N) is 2. The molecular weight excluding hydrogens is 210 g/mol. The molecule has 6 heteroatoms. The van der Waals surface area contributed by atoms with Gasteiger partial charge in [-0.3, -0.25) is 14.5 Å². The lowest BCUT2D eigenvalue weighted by molar-refractivity contribution is -0.122. The summed E-state index contributed by atoms with van der Waals surface area (Å²) in [7, 11) is 0. The number of amides is 2. The van der Waals surface area contributed by atoms with Crippen molar-refractivity contribution in [1.82, 2.24) is 15.5 Å². The van der Waals surface area contributed by atoms with E-state index in [0.29, 0.717) is 19.6 Å². The minimum Gasteiger partial charge on any atom is -0.395 e. The summed E-state index contributed by atoms with van der Waals surface area (Å²) in [4.78, 5) is 24.2. The quantitative estimate of drug-likeness (QED) is 0.525. The van der Waals surface area contributed by atoms with Crippen molar-refractivity contribution < 1.29 is 14.7 Å². The van der Waals surface area contributed by atoms with Gasteiger partial charge in [0.2, 0.25) is 11.8 Å². The zero-order chi connectivity index (χ0) is 12.0. The van der Waals surface area contributed by atoms with Gasteiger partial charge in [0.05, 0.1) is 13.2 Å². The molecule has 1 atom stereocenters. The topological polar surface area (TPSA) is 81.7 Å². The highest BCUT2D eigenvalue weighted by Gasteiger charge is 2.24. The first-order valence-corrected chi connectivity index (χ1v) is 5.49. The normalized spacial score (nSPS) is 20.8. The molecule has 1 fully saturated rings. The molecule has 16 heavy (non-hydrogen) atoms. The summed E-state index contributed by atoms with van der Waals surface area (Å²) in [6.45, 7) is 3.61. The molecule has 1 saturated heterocycles. The maximum Gasteiger partial charge on any atom is 0.234 e. The standard InChI is InChI=1S/C10H19N3O3/c1-8(15)12-9-2-4-13(6-9)7-10(16)11-3-5-14/h9,14H,2-7H2,1H3,(H,11,16)(H,12,15). The lowest BCUT2D eigenvalue weighted by Gasteiger charge is -2.15. The van der Waals surface area contributed by atoms with Crippen LogP contribution in [0.25, 0.3) is 0 Å². The average Bonchev–Trinajstić information content (AvgIpc) is 2.61. The van der Waals surface area contributed by atoms with E-state index in [9.17, 15) is 9.59 Å². The largest absolute Gasteiger partial charge is 0.395 e. The van der Waals surface area contributed by atoms with Gasteiger partial charge in [-0.15, -0.1) is 0 Å². The first-order valence-electron chi connectivity index (χ1n) is 5.49. The number of hydrogen-bond donors (Lipinski definition) is 3. The summed E-state index contributed by atoms with van der Waals surface area (Å²) in [5, 5.41) is 14.0. The summed E-state index contributed by atoms with van der Waals surface area (Å²) < 4.78 is 0. The van der Waals surface area contributed by atoms with Crippen LogP contribution in [0.4, 0.5) is 0 Å². The van der Waals surface area contributed by atoms with Crippen molar-refractivity contribution in [2.75, 3.05) is 32.8 Å². The molecule has 0 aromatic heterocycles. The number of carbonyl (C=O) groups is 2. The van der Waals surface area contributed by atoms with Crippen LogP contribution in [-0.4, -0.2) is 60.6 Å². The first kappa shape index (κ1) is 12.9. The number of likely N-dealkylation sites (tertiary alicyclic amines) is 1. The van der Waals surface area contributed by atoms with Crippen LogP contribution in [0.3, 0.4) is 0 Å². The van der Waals surface area contributed by atoms with Crippen LogP contribution in [0.15, 0.2) is 0 Å². The third kappa shape index (κ3) is 4.59. The number of carbonyl (C=O) groups excluding carboxylic acids is 2. The molecule has 6 nitrogen and oxygen atoms in total. The van der Waals surface area contributed by atoms with Crippen LogP contribution in [-0.2, 0) is 9.59 Å². The Labute approximate surface area is 95.0 Å². The van der Waals surface area contributed by atoms with E-state index in [1.165, 1.54) is 6.92 Å². The smallest absolute Gasteiger partial charge is 0.234 e. The SMILES string of the molecule is CC(=O)NC1CCN(CC(=O)NCCO)C1.